The van der Waals surface area contributed by atoms with E-state index < -0.39 is 0 Å². The van der Waals surface area contributed by atoms with Crippen molar-refractivity contribution in [1.82, 2.24) is 9.97 Å². The Morgan fingerprint density at radius 3 is 2.50 bits per heavy atom. The quantitative estimate of drug-likeness (QED) is 0.794. The fourth-order valence-corrected chi connectivity index (χ4v) is 1.13. The summed E-state index contributed by atoms with van der Waals surface area (Å²) >= 11 is 0. The molecule has 0 spiro atoms. The smallest absolute Gasteiger partial charge is 0.134 e. The number of aromatic nitrogens is 2. The van der Waals surface area contributed by atoms with Crippen molar-refractivity contribution in [2.45, 2.75) is 26.8 Å². The van der Waals surface area contributed by atoms with E-state index in [2.05, 4.69) is 34.0 Å². The summed E-state index contributed by atoms with van der Waals surface area (Å²) in [7, 11) is 3.90. The average Bonchev–Trinajstić information content (AvgIpc) is 2.15. The first-order valence-corrected chi connectivity index (χ1v) is 4.81. The molecule has 0 bridgehead atoms. The van der Waals surface area contributed by atoms with E-state index in [1.807, 2.05) is 27.1 Å². The summed E-state index contributed by atoms with van der Waals surface area (Å²) in [4.78, 5) is 10.7. The van der Waals surface area contributed by atoms with Gasteiger partial charge in [-0.3, -0.25) is 0 Å². The normalized spacial score (nSPS) is 10.4. The van der Waals surface area contributed by atoms with Gasteiger partial charge in [-0.15, -0.1) is 0 Å². The van der Waals surface area contributed by atoms with Gasteiger partial charge in [0, 0.05) is 26.2 Å². The molecule has 0 fully saturated rings. The van der Waals surface area contributed by atoms with Crippen molar-refractivity contribution in [3.63, 3.8) is 0 Å². The molecule has 1 N–H and O–H groups in total. The second kappa shape index (κ2) is 4.26. The first kappa shape index (κ1) is 10.8. The predicted octanol–water partition coefficient (Wildman–Crippen LogP) is 1.67. The molecule has 1 aromatic heterocycles. The minimum atomic E-state index is 0.439. The van der Waals surface area contributed by atoms with Crippen LogP contribution in [0.1, 0.15) is 19.7 Å². The molecule has 0 unspecified atom stereocenters. The highest BCUT2D eigenvalue weighted by atomic mass is 15.2. The number of hydrogen-bond donors (Lipinski definition) is 1. The first-order chi connectivity index (χ1) is 6.54. The van der Waals surface area contributed by atoms with Gasteiger partial charge < -0.3 is 10.2 Å². The van der Waals surface area contributed by atoms with E-state index in [0.29, 0.717) is 6.04 Å². The van der Waals surface area contributed by atoms with Crippen LogP contribution < -0.4 is 10.2 Å². The number of nitrogens with zero attached hydrogens (tertiary/aromatic N) is 3. The zero-order chi connectivity index (χ0) is 10.7. The summed E-state index contributed by atoms with van der Waals surface area (Å²) in [6.07, 6.45) is 0. The minimum absolute atomic E-state index is 0.439. The van der Waals surface area contributed by atoms with Gasteiger partial charge in [-0.25, -0.2) is 9.97 Å². The monoisotopic (exact) mass is 194 g/mol. The van der Waals surface area contributed by atoms with E-state index in [0.717, 1.165) is 17.5 Å². The Balaban J connectivity index is 3.02. The van der Waals surface area contributed by atoms with Crippen LogP contribution in [-0.2, 0) is 0 Å². The topological polar surface area (TPSA) is 41.0 Å². The highest BCUT2D eigenvalue weighted by molar-refractivity contribution is 5.48. The van der Waals surface area contributed by atoms with Crippen LogP contribution in [-0.4, -0.2) is 30.1 Å². The average molecular weight is 194 g/mol. The summed E-state index contributed by atoms with van der Waals surface area (Å²) in [5.41, 5.74) is 0. The summed E-state index contributed by atoms with van der Waals surface area (Å²) in [5, 5.41) is 3.02. The zero-order valence-corrected chi connectivity index (χ0v) is 9.50. The molecule has 0 aliphatic heterocycles. The van der Waals surface area contributed by atoms with Crippen LogP contribution in [0, 0.1) is 6.92 Å². The fraction of sp³-hybridized carbons (Fsp3) is 0.600. The van der Waals surface area contributed by atoms with Crippen molar-refractivity contribution >= 4 is 11.6 Å². The van der Waals surface area contributed by atoms with Crippen molar-refractivity contribution in [2.75, 3.05) is 24.3 Å². The Morgan fingerprint density at radius 2 is 2.00 bits per heavy atom. The second-order valence-electron chi connectivity index (χ2n) is 3.61. The lowest BCUT2D eigenvalue weighted by molar-refractivity contribution is 0.739. The lowest BCUT2D eigenvalue weighted by Gasteiger charge is -2.23. The lowest BCUT2D eigenvalue weighted by Crippen LogP contribution is -2.27. The fourth-order valence-electron chi connectivity index (χ4n) is 1.13. The molecule has 0 atom stereocenters. The van der Waals surface area contributed by atoms with Gasteiger partial charge in [-0.05, 0) is 20.8 Å². The minimum Gasteiger partial charge on any atom is -0.373 e. The third-order valence-electron chi connectivity index (χ3n) is 2.22. The van der Waals surface area contributed by atoms with Crippen LogP contribution in [0.4, 0.5) is 11.6 Å². The van der Waals surface area contributed by atoms with Gasteiger partial charge in [0.2, 0.25) is 0 Å². The van der Waals surface area contributed by atoms with E-state index in [4.69, 9.17) is 0 Å². The predicted molar refractivity (Wildman–Crippen MR) is 59.9 cm³/mol. The molecule has 0 radical (unpaired) electrons. The summed E-state index contributed by atoms with van der Waals surface area (Å²) in [5.74, 6) is 2.61. The van der Waals surface area contributed by atoms with Gasteiger partial charge in [-0.1, -0.05) is 0 Å². The van der Waals surface area contributed by atoms with Crippen LogP contribution in [0.2, 0.25) is 0 Å². The van der Waals surface area contributed by atoms with Crippen LogP contribution in [0.3, 0.4) is 0 Å². The SMILES string of the molecule is CNc1cc(N(C)C(C)C)nc(C)n1. The second-order valence-corrected chi connectivity index (χ2v) is 3.61. The molecule has 78 valence electrons. The zero-order valence-electron chi connectivity index (χ0n) is 9.50. The van der Waals surface area contributed by atoms with Crippen molar-refractivity contribution in [2.24, 2.45) is 0 Å². The molecule has 0 aliphatic carbocycles. The molecule has 14 heavy (non-hydrogen) atoms. The molecule has 1 heterocycles. The molecular formula is C10H18N4. The number of nitrogens with one attached hydrogen (secondary N) is 1. The van der Waals surface area contributed by atoms with Gasteiger partial charge in [0.15, 0.2) is 0 Å². The van der Waals surface area contributed by atoms with E-state index in [1.165, 1.54) is 0 Å². The molecular weight excluding hydrogens is 176 g/mol. The van der Waals surface area contributed by atoms with Gasteiger partial charge in [0.05, 0.1) is 0 Å². The molecule has 0 aliphatic rings. The third-order valence-corrected chi connectivity index (χ3v) is 2.22. The first-order valence-electron chi connectivity index (χ1n) is 4.81. The molecule has 0 amide bonds. The van der Waals surface area contributed by atoms with Crippen molar-refractivity contribution in [1.29, 1.82) is 0 Å². The maximum absolute atomic E-state index is 4.38. The highest BCUT2D eigenvalue weighted by Gasteiger charge is 2.08. The maximum Gasteiger partial charge on any atom is 0.134 e. The molecule has 0 aromatic carbocycles. The van der Waals surface area contributed by atoms with Crippen molar-refractivity contribution in [3.8, 4) is 0 Å². The lowest BCUT2D eigenvalue weighted by atomic mass is 10.3. The number of rotatable bonds is 3. The van der Waals surface area contributed by atoms with Crippen molar-refractivity contribution < 1.29 is 0 Å². The summed E-state index contributed by atoms with van der Waals surface area (Å²) in [6, 6.07) is 2.39. The number of aryl methyl sites for hydroxylation is 1. The standard InChI is InChI=1S/C10H18N4/c1-7(2)14(5)10-6-9(11-4)12-8(3)13-10/h6-7H,1-5H3,(H,11,12,13). The Morgan fingerprint density at radius 1 is 1.36 bits per heavy atom. The number of hydrogen-bond acceptors (Lipinski definition) is 4. The summed E-state index contributed by atoms with van der Waals surface area (Å²) in [6.45, 7) is 6.17. The summed E-state index contributed by atoms with van der Waals surface area (Å²) < 4.78 is 0. The van der Waals surface area contributed by atoms with Crippen LogP contribution in [0.25, 0.3) is 0 Å². The van der Waals surface area contributed by atoms with E-state index >= 15 is 0 Å². The molecule has 4 nitrogen and oxygen atoms in total. The molecule has 0 saturated heterocycles. The van der Waals surface area contributed by atoms with Gasteiger partial charge in [-0.2, -0.15) is 0 Å². The van der Waals surface area contributed by atoms with Gasteiger partial charge >= 0.3 is 0 Å². The highest BCUT2D eigenvalue weighted by Crippen LogP contribution is 2.15. The van der Waals surface area contributed by atoms with Crippen LogP contribution >= 0.6 is 0 Å². The van der Waals surface area contributed by atoms with Crippen molar-refractivity contribution in [3.05, 3.63) is 11.9 Å². The largest absolute Gasteiger partial charge is 0.373 e. The molecule has 1 rings (SSSR count). The Bertz CT molecular complexity index is 309. The Labute approximate surface area is 85.4 Å². The molecule has 4 heteroatoms. The molecule has 0 saturated carbocycles. The van der Waals surface area contributed by atoms with Gasteiger partial charge in [0.25, 0.3) is 0 Å². The maximum atomic E-state index is 4.38. The molecule has 1 aromatic rings. The van der Waals surface area contributed by atoms with E-state index in [1.54, 1.807) is 0 Å². The Hall–Kier alpha value is -1.32. The van der Waals surface area contributed by atoms with Gasteiger partial charge in [0.1, 0.15) is 17.5 Å². The third kappa shape index (κ3) is 2.34. The Kier molecular flexibility index (Phi) is 3.28. The van der Waals surface area contributed by atoms with Crippen LogP contribution in [0.5, 0.6) is 0 Å². The van der Waals surface area contributed by atoms with Crippen LogP contribution in [0.15, 0.2) is 6.07 Å². The van der Waals surface area contributed by atoms with E-state index in [-0.39, 0.29) is 0 Å². The van der Waals surface area contributed by atoms with E-state index in [9.17, 15) is 0 Å². The number of anilines is 2.